The van der Waals surface area contributed by atoms with Crippen LogP contribution in [0.1, 0.15) is 42.6 Å². The molecule has 0 aliphatic heterocycles. The van der Waals surface area contributed by atoms with E-state index < -0.39 is 0 Å². The Labute approximate surface area is 194 Å². The molecule has 8 heteroatoms. The molecule has 0 aliphatic rings. The number of halogens is 2. The van der Waals surface area contributed by atoms with Crippen molar-refractivity contribution in [3.8, 4) is 0 Å². The summed E-state index contributed by atoms with van der Waals surface area (Å²) in [5.41, 5.74) is 2.32. The van der Waals surface area contributed by atoms with Crippen molar-refractivity contribution in [2.45, 2.75) is 39.3 Å². The Bertz CT molecular complexity index is 723. The van der Waals surface area contributed by atoms with Crippen LogP contribution in [0.5, 0.6) is 0 Å². The molecule has 0 bridgehead atoms. The van der Waals surface area contributed by atoms with Crippen LogP contribution in [-0.2, 0) is 17.7 Å². The Hall–Kier alpha value is -0.900. The third-order valence-corrected chi connectivity index (χ3v) is 5.47. The van der Waals surface area contributed by atoms with Crippen molar-refractivity contribution in [2.75, 3.05) is 27.2 Å². The molecule has 1 aromatic carbocycles. The molecule has 0 fully saturated rings. The van der Waals surface area contributed by atoms with Crippen LogP contribution >= 0.6 is 46.9 Å². The minimum atomic E-state index is 0. The monoisotopic (exact) mass is 536 g/mol. The molecule has 0 amide bonds. The van der Waals surface area contributed by atoms with Crippen LogP contribution in [0, 0.1) is 0 Å². The van der Waals surface area contributed by atoms with E-state index in [1.54, 1.807) is 18.4 Å². The summed E-state index contributed by atoms with van der Waals surface area (Å²) < 4.78 is 5.34. The number of nitrogens with one attached hydrogen (secondary N) is 1. The summed E-state index contributed by atoms with van der Waals surface area (Å²) in [6.45, 7) is 6.43. The third-order valence-electron chi connectivity index (χ3n) is 4.16. The lowest BCUT2D eigenvalue weighted by Gasteiger charge is -2.21. The van der Waals surface area contributed by atoms with Crippen LogP contribution in [0.25, 0.3) is 0 Å². The van der Waals surface area contributed by atoms with E-state index in [0.29, 0.717) is 0 Å². The maximum Gasteiger partial charge on any atom is 0.194 e. The lowest BCUT2D eigenvalue weighted by molar-refractivity contribution is 0.119. The summed E-state index contributed by atoms with van der Waals surface area (Å²) in [4.78, 5) is 11.5. The smallest absolute Gasteiger partial charge is 0.194 e. The number of benzene rings is 1. The molecule has 0 saturated heterocycles. The molecule has 0 aliphatic carbocycles. The van der Waals surface area contributed by atoms with Crippen LogP contribution in [-0.4, -0.2) is 43.1 Å². The number of aromatic nitrogens is 1. The van der Waals surface area contributed by atoms with Gasteiger partial charge in [-0.25, -0.2) is 4.98 Å². The quantitative estimate of drug-likeness (QED) is 0.208. The first-order valence-electron chi connectivity index (χ1n) is 9.24. The fourth-order valence-electron chi connectivity index (χ4n) is 2.59. The fourth-order valence-corrected chi connectivity index (χ4v) is 3.56. The van der Waals surface area contributed by atoms with Gasteiger partial charge < -0.3 is 15.0 Å². The Morgan fingerprint density at radius 3 is 2.71 bits per heavy atom. The molecule has 0 spiro atoms. The number of guanidine groups is 1. The van der Waals surface area contributed by atoms with Crippen molar-refractivity contribution in [1.82, 2.24) is 15.2 Å². The molecule has 1 unspecified atom stereocenters. The maximum absolute atomic E-state index is 5.93. The summed E-state index contributed by atoms with van der Waals surface area (Å²) in [6, 6.07) is 8.02. The van der Waals surface area contributed by atoms with Gasteiger partial charge in [-0.2, -0.15) is 0 Å². The number of hydrogen-bond donors (Lipinski definition) is 1. The molecular formula is C20H30ClIN4OS. The topological polar surface area (TPSA) is 49.8 Å². The van der Waals surface area contributed by atoms with Gasteiger partial charge in [-0.15, -0.1) is 35.3 Å². The maximum atomic E-state index is 5.93. The van der Waals surface area contributed by atoms with Crippen LogP contribution < -0.4 is 5.32 Å². The molecule has 2 aromatic rings. The number of hydrogen-bond acceptors (Lipinski definition) is 4. The van der Waals surface area contributed by atoms with Gasteiger partial charge in [-0.3, -0.25) is 4.99 Å². The zero-order chi connectivity index (χ0) is 19.6. The molecule has 1 aromatic heterocycles. The number of methoxy groups -OCH3 is 1. The molecule has 156 valence electrons. The number of thiazole rings is 1. The van der Waals surface area contributed by atoms with E-state index in [0.717, 1.165) is 54.2 Å². The Morgan fingerprint density at radius 1 is 1.36 bits per heavy atom. The van der Waals surface area contributed by atoms with E-state index in [1.165, 1.54) is 5.56 Å². The second-order valence-electron chi connectivity index (χ2n) is 6.38. The molecule has 1 N–H and O–H groups in total. The molecule has 1 heterocycles. The van der Waals surface area contributed by atoms with Gasteiger partial charge in [0.1, 0.15) is 11.1 Å². The highest BCUT2D eigenvalue weighted by molar-refractivity contribution is 14.0. The summed E-state index contributed by atoms with van der Waals surface area (Å²) in [6.07, 6.45) is 2.02. The lowest BCUT2D eigenvalue weighted by Crippen LogP contribution is -2.38. The zero-order valence-electron chi connectivity index (χ0n) is 16.9. The molecule has 28 heavy (non-hydrogen) atoms. The van der Waals surface area contributed by atoms with Crippen molar-refractivity contribution < 1.29 is 4.74 Å². The summed E-state index contributed by atoms with van der Waals surface area (Å²) in [7, 11) is 3.75. The average molecular weight is 537 g/mol. The summed E-state index contributed by atoms with van der Waals surface area (Å²) >= 11 is 7.57. The predicted molar refractivity (Wildman–Crippen MR) is 130 cm³/mol. The molecule has 5 nitrogen and oxygen atoms in total. The summed E-state index contributed by atoms with van der Waals surface area (Å²) in [5.74, 6) is 0.906. The van der Waals surface area contributed by atoms with Gasteiger partial charge in [0.05, 0.1) is 12.2 Å². The van der Waals surface area contributed by atoms with E-state index in [2.05, 4.69) is 39.6 Å². The van der Waals surface area contributed by atoms with Gasteiger partial charge in [0, 0.05) is 37.6 Å². The van der Waals surface area contributed by atoms with Gasteiger partial charge in [0.2, 0.25) is 0 Å². The first-order chi connectivity index (χ1) is 13.0. The first kappa shape index (κ1) is 25.1. The van der Waals surface area contributed by atoms with Crippen molar-refractivity contribution in [2.24, 2.45) is 4.99 Å². The van der Waals surface area contributed by atoms with E-state index in [1.807, 2.05) is 26.1 Å². The van der Waals surface area contributed by atoms with Crippen LogP contribution in [0.15, 0.2) is 34.6 Å². The highest BCUT2D eigenvalue weighted by atomic mass is 127. The third kappa shape index (κ3) is 8.23. The van der Waals surface area contributed by atoms with E-state index in [9.17, 15) is 0 Å². The molecular weight excluding hydrogens is 507 g/mol. The van der Waals surface area contributed by atoms with Crippen molar-refractivity contribution in [3.63, 3.8) is 0 Å². The first-order valence-corrected chi connectivity index (χ1v) is 10.5. The SMILES string of the molecule is CCNC(=NCCCc1ccc(Cl)cc1)N(C)Cc1csc(C(C)OC)n1.I. The standard InChI is InChI=1S/C20H29ClN4OS.HI/c1-5-22-20(23-12-6-7-16-8-10-17(21)11-9-16)25(3)13-18-14-27-19(24-18)15(2)26-4;/h8-11,14-15H,5-7,12-13H2,1-4H3,(H,22,23);1H. The fraction of sp³-hybridized carbons (Fsp3) is 0.500. The van der Waals surface area contributed by atoms with Gasteiger partial charge in [0.25, 0.3) is 0 Å². The minimum Gasteiger partial charge on any atom is -0.375 e. The van der Waals surface area contributed by atoms with Crippen molar-refractivity contribution in [3.05, 3.63) is 50.9 Å². The van der Waals surface area contributed by atoms with Crippen LogP contribution in [0.2, 0.25) is 5.02 Å². The van der Waals surface area contributed by atoms with Crippen molar-refractivity contribution in [1.29, 1.82) is 0 Å². The number of aliphatic imine (C=N–C) groups is 1. The van der Waals surface area contributed by atoms with Crippen LogP contribution in [0.4, 0.5) is 0 Å². The lowest BCUT2D eigenvalue weighted by atomic mass is 10.1. The largest absolute Gasteiger partial charge is 0.375 e. The molecule has 0 radical (unpaired) electrons. The number of rotatable bonds is 9. The highest BCUT2D eigenvalue weighted by Gasteiger charge is 2.12. The van der Waals surface area contributed by atoms with Gasteiger partial charge in [0.15, 0.2) is 5.96 Å². The molecule has 1 atom stereocenters. The van der Waals surface area contributed by atoms with Crippen molar-refractivity contribution >= 4 is 52.9 Å². The summed E-state index contributed by atoms with van der Waals surface area (Å²) in [5, 5.41) is 7.23. The highest BCUT2D eigenvalue weighted by Crippen LogP contribution is 2.21. The molecule has 0 saturated carbocycles. The number of nitrogens with zero attached hydrogens (tertiary/aromatic N) is 3. The van der Waals surface area contributed by atoms with Gasteiger partial charge in [-0.1, -0.05) is 23.7 Å². The van der Waals surface area contributed by atoms with Gasteiger partial charge in [-0.05, 0) is 44.4 Å². The Balaban J connectivity index is 0.00000392. The van der Waals surface area contributed by atoms with E-state index in [4.69, 9.17) is 21.3 Å². The van der Waals surface area contributed by atoms with E-state index in [-0.39, 0.29) is 30.1 Å². The van der Waals surface area contributed by atoms with E-state index >= 15 is 0 Å². The zero-order valence-corrected chi connectivity index (χ0v) is 20.8. The predicted octanol–water partition coefficient (Wildman–Crippen LogP) is 5.15. The number of ether oxygens (including phenoxy) is 1. The second kappa shape index (κ2) is 13.3. The minimum absolute atomic E-state index is 0. The second-order valence-corrected chi connectivity index (χ2v) is 7.70. The Kier molecular flexibility index (Phi) is 12.0. The number of aryl methyl sites for hydroxylation is 1. The van der Waals surface area contributed by atoms with Crippen LogP contribution in [0.3, 0.4) is 0 Å². The Morgan fingerprint density at radius 2 is 2.07 bits per heavy atom. The normalized spacial score (nSPS) is 12.4. The van der Waals surface area contributed by atoms with Gasteiger partial charge >= 0.3 is 0 Å². The molecule has 2 rings (SSSR count). The average Bonchev–Trinajstić information content (AvgIpc) is 3.13.